The quantitative estimate of drug-likeness (QED) is 0.432. The summed E-state index contributed by atoms with van der Waals surface area (Å²) in [5, 5.41) is 14.9. The first-order valence-corrected chi connectivity index (χ1v) is 7.72. The maximum absolute atomic E-state index is 9.89. The molecule has 0 aliphatic rings. The maximum Gasteiger partial charge on any atom is 0.718 e. The van der Waals surface area contributed by atoms with E-state index in [-0.39, 0.29) is 0 Å². The Kier molecular flexibility index (Phi) is 10.4. The van der Waals surface area contributed by atoms with Crippen molar-refractivity contribution < 1.29 is 31.9 Å². The zero-order chi connectivity index (χ0) is 20.1. The molecule has 1 aromatic carbocycles. The van der Waals surface area contributed by atoms with Crippen LogP contribution in [0.15, 0.2) is 79.4 Å². The van der Waals surface area contributed by atoms with Crippen LogP contribution in [0.5, 0.6) is 0 Å². The zero-order valence-corrected chi connectivity index (χ0v) is 14.1. The van der Waals surface area contributed by atoms with E-state index in [0.29, 0.717) is 0 Å². The lowest BCUT2D eigenvalue weighted by Gasteiger charge is -2.01. The van der Waals surface area contributed by atoms with Crippen LogP contribution in [0.1, 0.15) is 5.56 Å². The first kappa shape index (κ1) is 22.3. The van der Waals surface area contributed by atoms with Crippen molar-refractivity contribution in [3.8, 4) is 11.1 Å². The van der Waals surface area contributed by atoms with E-state index in [1.54, 1.807) is 0 Å². The Morgan fingerprint density at radius 3 is 1.78 bits per heavy atom. The molecule has 2 aromatic heterocycles. The smallest absolute Gasteiger partial charge is 0.718 e. The average molecular weight is 378 g/mol. The van der Waals surface area contributed by atoms with Gasteiger partial charge in [-0.25, -0.2) is 4.57 Å². The van der Waals surface area contributed by atoms with Gasteiger partial charge in [0, 0.05) is 30.1 Å². The lowest BCUT2D eigenvalue weighted by molar-refractivity contribution is -0.688. The number of hydrogen-bond acceptors (Lipinski definition) is 3. The highest BCUT2D eigenvalue weighted by atomic mass is 19.2. The SMILES string of the molecule is OB(F)F.[O-]B(F)F.c1ccc(C[n+]2ccc(-c3ccncc3)cc2)cc1. The molecule has 0 unspecified atom stereocenters. The standard InChI is InChI=1S/C17H15N2.BF2HO.BF2O/c1-2-4-15(5-3-1)14-19-12-8-17(9-13-19)16-6-10-18-11-7-16;2*2-1(3)4/h1-13H,14H2;4H;/q+1;;-1. The Hall–Kier alpha value is -2.71. The van der Waals surface area contributed by atoms with Crippen molar-refractivity contribution in [2.45, 2.75) is 6.54 Å². The Morgan fingerprint density at radius 1 is 0.852 bits per heavy atom. The van der Waals surface area contributed by atoms with Crippen molar-refractivity contribution in [3.63, 3.8) is 0 Å². The average Bonchev–Trinajstić information content (AvgIpc) is 2.63. The number of pyridine rings is 2. The third-order valence-corrected chi connectivity index (χ3v) is 3.11. The summed E-state index contributed by atoms with van der Waals surface area (Å²) >= 11 is 0. The van der Waals surface area contributed by atoms with Gasteiger partial charge in [0.25, 0.3) is 0 Å². The van der Waals surface area contributed by atoms with Crippen LogP contribution in [0.4, 0.5) is 17.3 Å². The predicted octanol–water partition coefficient (Wildman–Crippen LogP) is 2.26. The molecule has 0 saturated heterocycles. The lowest BCUT2D eigenvalue weighted by Crippen LogP contribution is -2.32. The Bertz CT molecular complexity index is 740. The minimum Gasteiger partial charge on any atom is -0.824 e. The van der Waals surface area contributed by atoms with Gasteiger partial charge in [-0.15, -0.1) is 0 Å². The summed E-state index contributed by atoms with van der Waals surface area (Å²) in [7, 11) is -6.58. The van der Waals surface area contributed by atoms with E-state index in [9.17, 15) is 17.3 Å². The van der Waals surface area contributed by atoms with Crippen LogP contribution in [0.25, 0.3) is 11.1 Å². The van der Waals surface area contributed by atoms with E-state index in [4.69, 9.17) is 10.0 Å². The maximum atomic E-state index is 9.89. The number of nitrogens with zero attached hydrogens (tertiary/aromatic N) is 2. The summed E-state index contributed by atoms with van der Waals surface area (Å²) in [5.74, 6) is 0. The number of rotatable bonds is 3. The van der Waals surface area contributed by atoms with Crippen LogP contribution in [0.2, 0.25) is 0 Å². The van der Waals surface area contributed by atoms with Crippen molar-refractivity contribution in [2.24, 2.45) is 0 Å². The van der Waals surface area contributed by atoms with Crippen molar-refractivity contribution in [1.29, 1.82) is 0 Å². The molecule has 3 aromatic rings. The monoisotopic (exact) mass is 378 g/mol. The molecule has 10 heteroatoms. The molecule has 0 aliphatic carbocycles. The molecule has 0 bridgehead atoms. The lowest BCUT2D eigenvalue weighted by atomic mass is 10.1. The first-order valence-electron chi connectivity index (χ1n) is 7.72. The largest absolute Gasteiger partial charge is 0.824 e. The molecule has 1 N–H and O–H groups in total. The van der Waals surface area contributed by atoms with E-state index < -0.39 is 14.9 Å². The number of aromatic nitrogens is 2. The second-order valence-corrected chi connectivity index (χ2v) is 5.02. The Labute approximate surface area is 155 Å². The molecule has 0 spiro atoms. The minimum atomic E-state index is -3.42. The summed E-state index contributed by atoms with van der Waals surface area (Å²) in [4.78, 5) is 4.04. The second-order valence-electron chi connectivity index (χ2n) is 5.02. The second kappa shape index (κ2) is 12.6. The number of halogens is 4. The predicted molar refractivity (Wildman–Crippen MR) is 93.6 cm³/mol. The van der Waals surface area contributed by atoms with Gasteiger partial charge in [-0.05, 0) is 23.3 Å². The van der Waals surface area contributed by atoms with Gasteiger partial charge in [-0.1, -0.05) is 30.3 Å². The molecule has 0 amide bonds. The molecule has 0 fully saturated rings. The fraction of sp³-hybridized carbons (Fsp3) is 0.0588. The van der Waals surface area contributed by atoms with E-state index in [0.717, 1.165) is 6.54 Å². The van der Waals surface area contributed by atoms with Gasteiger partial charge in [0.15, 0.2) is 18.9 Å². The number of hydrogen-bond donors (Lipinski definition) is 1. The van der Waals surface area contributed by atoms with Crippen LogP contribution < -0.4 is 9.59 Å². The number of benzene rings is 1. The van der Waals surface area contributed by atoms with E-state index in [2.05, 4.69) is 58.3 Å². The summed E-state index contributed by atoms with van der Waals surface area (Å²) < 4.78 is 41.5. The first-order chi connectivity index (χ1) is 12.9. The highest BCUT2D eigenvalue weighted by Crippen LogP contribution is 2.15. The zero-order valence-electron chi connectivity index (χ0n) is 14.1. The molecule has 27 heavy (non-hydrogen) atoms. The molecule has 0 atom stereocenters. The van der Waals surface area contributed by atoms with Crippen LogP contribution >= 0.6 is 0 Å². The molecule has 3 rings (SSSR count). The summed E-state index contributed by atoms with van der Waals surface area (Å²) in [5.41, 5.74) is 3.72. The van der Waals surface area contributed by atoms with Gasteiger partial charge in [0.2, 0.25) is 0 Å². The summed E-state index contributed by atoms with van der Waals surface area (Å²) in [6, 6.07) is 18.8. The molecular weight excluding hydrogens is 362 g/mol. The Morgan fingerprint density at radius 2 is 1.30 bits per heavy atom. The molecule has 140 valence electrons. The van der Waals surface area contributed by atoms with Crippen molar-refractivity contribution in [1.82, 2.24) is 4.98 Å². The Balaban J connectivity index is 0.000000390. The molecule has 4 nitrogen and oxygen atoms in total. The third kappa shape index (κ3) is 10.8. The molecule has 0 radical (unpaired) electrons. The van der Waals surface area contributed by atoms with Gasteiger partial charge in [0.05, 0.1) is 0 Å². The van der Waals surface area contributed by atoms with E-state index in [1.165, 1.54) is 16.7 Å². The van der Waals surface area contributed by atoms with Crippen molar-refractivity contribution >= 4 is 14.9 Å². The fourth-order valence-electron chi connectivity index (χ4n) is 2.09. The summed E-state index contributed by atoms with van der Waals surface area (Å²) in [6.07, 6.45) is 7.87. The topological polar surface area (TPSA) is 60.1 Å². The van der Waals surface area contributed by atoms with E-state index >= 15 is 0 Å². The normalized spacial score (nSPS) is 9.26. The fourth-order valence-corrected chi connectivity index (χ4v) is 2.09. The highest BCUT2D eigenvalue weighted by Gasteiger charge is 2.03. The molecule has 0 aliphatic heterocycles. The van der Waals surface area contributed by atoms with Gasteiger partial charge in [-0.2, -0.15) is 0 Å². The van der Waals surface area contributed by atoms with Gasteiger partial charge in [-0.3, -0.25) is 13.6 Å². The van der Waals surface area contributed by atoms with E-state index in [1.807, 2.05) is 30.6 Å². The molecular formula is C17H16B2F4N2O2. The van der Waals surface area contributed by atoms with Crippen molar-refractivity contribution in [2.75, 3.05) is 0 Å². The van der Waals surface area contributed by atoms with Crippen LogP contribution in [0, 0.1) is 0 Å². The van der Waals surface area contributed by atoms with Crippen LogP contribution in [-0.4, -0.2) is 24.9 Å². The molecule has 2 heterocycles. The third-order valence-electron chi connectivity index (χ3n) is 3.11. The van der Waals surface area contributed by atoms with Gasteiger partial charge in [0.1, 0.15) is 0 Å². The van der Waals surface area contributed by atoms with Crippen molar-refractivity contribution in [3.05, 3.63) is 84.9 Å². The summed E-state index contributed by atoms with van der Waals surface area (Å²) in [6.45, 7) is 0.900. The van der Waals surface area contributed by atoms with Gasteiger partial charge < -0.3 is 18.7 Å². The minimum absolute atomic E-state index is 0.900. The van der Waals surface area contributed by atoms with Crippen LogP contribution in [0.3, 0.4) is 0 Å². The molecule has 0 saturated carbocycles. The van der Waals surface area contributed by atoms with Gasteiger partial charge >= 0.3 is 14.9 Å². The highest BCUT2D eigenvalue weighted by molar-refractivity contribution is 6.32. The van der Waals surface area contributed by atoms with Crippen LogP contribution in [-0.2, 0) is 6.54 Å².